The third-order valence-electron chi connectivity index (χ3n) is 5.68. The van der Waals surface area contributed by atoms with Crippen LogP contribution >= 0.6 is 11.8 Å². The highest BCUT2D eigenvalue weighted by Crippen LogP contribution is 2.21. The Kier molecular flexibility index (Phi) is 16.1. The number of thioether (sulfide) groups is 1. The molecule has 1 aromatic carbocycles. The summed E-state index contributed by atoms with van der Waals surface area (Å²) in [6.07, 6.45) is 13.4. The summed E-state index contributed by atoms with van der Waals surface area (Å²) in [4.78, 5) is 24.6. The molecule has 182 valence electrons. The number of aryl methyl sites for hydroxylation is 1. The van der Waals surface area contributed by atoms with Gasteiger partial charge in [-0.25, -0.2) is 0 Å². The second kappa shape index (κ2) is 18.0. The van der Waals surface area contributed by atoms with Gasteiger partial charge in [0.1, 0.15) is 17.1 Å². The molecule has 2 atom stereocenters. The summed E-state index contributed by atoms with van der Waals surface area (Å²) in [7, 11) is 0. The molecule has 0 bridgehead atoms. The van der Waals surface area contributed by atoms with Gasteiger partial charge in [-0.3, -0.25) is 9.59 Å². The van der Waals surface area contributed by atoms with E-state index >= 15 is 0 Å². The maximum Gasteiger partial charge on any atom is 0.319 e. The van der Waals surface area contributed by atoms with Gasteiger partial charge in [0.15, 0.2) is 0 Å². The number of hydrogen-bond acceptors (Lipinski definition) is 5. The Hall–Kier alpha value is -1.49. The van der Waals surface area contributed by atoms with Crippen LogP contribution < -0.4 is 0 Å². The largest absolute Gasteiger partial charge is 0.465 e. The van der Waals surface area contributed by atoms with Gasteiger partial charge >= 0.3 is 11.9 Å². The minimum absolute atomic E-state index is 0.248. The Morgan fingerprint density at radius 1 is 0.750 bits per heavy atom. The highest BCUT2D eigenvalue weighted by atomic mass is 32.2. The molecular formula is C27H44O4S. The normalized spacial score (nSPS) is 12.9. The van der Waals surface area contributed by atoms with E-state index in [1.165, 1.54) is 68.7 Å². The molecule has 2 unspecified atom stereocenters. The molecule has 0 fully saturated rings. The number of carbonyl (C=O) groups is 2. The molecule has 4 nitrogen and oxygen atoms in total. The van der Waals surface area contributed by atoms with E-state index in [4.69, 9.17) is 9.47 Å². The van der Waals surface area contributed by atoms with E-state index in [2.05, 4.69) is 13.8 Å². The van der Waals surface area contributed by atoms with Crippen LogP contribution in [0.2, 0.25) is 0 Å². The molecule has 0 aromatic heterocycles. The lowest BCUT2D eigenvalue weighted by atomic mass is 10.1. The van der Waals surface area contributed by atoms with E-state index in [1.54, 1.807) is 13.8 Å². The second-order valence-corrected chi connectivity index (χ2v) is 10.2. The lowest BCUT2D eigenvalue weighted by Crippen LogP contribution is -2.24. The Balaban J connectivity index is 2.13. The van der Waals surface area contributed by atoms with Crippen molar-refractivity contribution in [1.29, 1.82) is 0 Å². The Morgan fingerprint density at radius 3 is 1.81 bits per heavy atom. The van der Waals surface area contributed by atoms with Crippen LogP contribution in [0.3, 0.4) is 0 Å². The number of carbonyl (C=O) groups excluding carboxylic acids is 2. The molecule has 1 rings (SSSR count). The van der Waals surface area contributed by atoms with Crippen LogP contribution in [0.15, 0.2) is 24.3 Å². The molecule has 0 heterocycles. The first kappa shape index (κ1) is 28.5. The van der Waals surface area contributed by atoms with Crippen LogP contribution in [0.4, 0.5) is 0 Å². The van der Waals surface area contributed by atoms with E-state index in [9.17, 15) is 9.59 Å². The van der Waals surface area contributed by atoms with Gasteiger partial charge in [-0.15, -0.1) is 11.8 Å². The third-order valence-corrected chi connectivity index (χ3v) is 6.88. The molecule has 0 N–H and O–H groups in total. The first-order valence-electron chi connectivity index (χ1n) is 12.5. The van der Waals surface area contributed by atoms with Crippen molar-refractivity contribution in [2.24, 2.45) is 0 Å². The summed E-state index contributed by atoms with van der Waals surface area (Å²) >= 11 is 1.29. The van der Waals surface area contributed by atoms with E-state index in [0.29, 0.717) is 6.61 Å². The average Bonchev–Trinajstić information content (AvgIpc) is 2.80. The summed E-state index contributed by atoms with van der Waals surface area (Å²) in [5.74, 6) is -0.544. The minimum atomic E-state index is -0.413. The topological polar surface area (TPSA) is 52.6 Å². The Morgan fingerprint density at radius 2 is 1.25 bits per heavy atom. The van der Waals surface area contributed by atoms with Gasteiger partial charge in [0.2, 0.25) is 0 Å². The number of esters is 2. The zero-order valence-electron chi connectivity index (χ0n) is 20.7. The monoisotopic (exact) mass is 464 g/mol. The maximum absolute atomic E-state index is 12.3. The van der Waals surface area contributed by atoms with Gasteiger partial charge in [0.05, 0.1) is 6.61 Å². The van der Waals surface area contributed by atoms with E-state index in [-0.39, 0.29) is 23.8 Å². The molecule has 0 spiro atoms. The predicted molar refractivity (Wildman–Crippen MR) is 135 cm³/mol. The predicted octanol–water partition coefficient (Wildman–Crippen LogP) is 7.27. The molecule has 0 saturated heterocycles. The minimum Gasteiger partial charge on any atom is -0.465 e. The molecule has 5 heteroatoms. The number of rotatable bonds is 18. The van der Waals surface area contributed by atoms with Gasteiger partial charge in [-0.2, -0.15) is 0 Å². The van der Waals surface area contributed by atoms with Crippen LogP contribution in [-0.2, 0) is 32.1 Å². The van der Waals surface area contributed by atoms with Gasteiger partial charge in [-0.1, -0.05) is 95.9 Å². The van der Waals surface area contributed by atoms with Gasteiger partial charge in [0.25, 0.3) is 0 Å². The van der Waals surface area contributed by atoms with E-state index in [1.807, 2.05) is 24.3 Å². The number of unbranched alkanes of at least 4 members (excludes halogenated alkanes) is 9. The summed E-state index contributed by atoms with van der Waals surface area (Å²) < 4.78 is 10.9. The second-order valence-electron chi connectivity index (χ2n) is 8.50. The summed E-state index contributed by atoms with van der Waals surface area (Å²) in [5, 5.41) is -0.799. The van der Waals surface area contributed by atoms with Crippen molar-refractivity contribution in [2.75, 3.05) is 6.61 Å². The molecule has 0 amide bonds. The van der Waals surface area contributed by atoms with E-state index in [0.717, 1.165) is 24.8 Å². The van der Waals surface area contributed by atoms with Crippen LogP contribution in [0.1, 0.15) is 103 Å². The van der Waals surface area contributed by atoms with Crippen molar-refractivity contribution in [3.8, 4) is 0 Å². The molecular weight excluding hydrogens is 420 g/mol. The first-order valence-corrected chi connectivity index (χ1v) is 13.5. The average molecular weight is 465 g/mol. The SMILES string of the molecule is CCCCCCCCCCCCOC(=O)C(C)SC(C)C(=O)OCc1ccccc1CC. The number of benzene rings is 1. The highest BCUT2D eigenvalue weighted by molar-refractivity contribution is 8.01. The van der Waals surface area contributed by atoms with Crippen molar-refractivity contribution in [1.82, 2.24) is 0 Å². The van der Waals surface area contributed by atoms with Crippen molar-refractivity contribution in [3.05, 3.63) is 35.4 Å². The maximum atomic E-state index is 12.3. The van der Waals surface area contributed by atoms with Crippen LogP contribution in [0.25, 0.3) is 0 Å². The van der Waals surface area contributed by atoms with Crippen molar-refractivity contribution >= 4 is 23.7 Å². The fourth-order valence-electron chi connectivity index (χ4n) is 3.61. The third kappa shape index (κ3) is 12.5. The quantitative estimate of drug-likeness (QED) is 0.169. The summed E-state index contributed by atoms with van der Waals surface area (Å²) in [6.45, 7) is 8.64. The summed E-state index contributed by atoms with van der Waals surface area (Å²) in [5.41, 5.74) is 2.22. The number of hydrogen-bond donors (Lipinski definition) is 0. The lowest BCUT2D eigenvalue weighted by Gasteiger charge is -2.16. The molecule has 0 aliphatic carbocycles. The van der Waals surface area contributed by atoms with Crippen LogP contribution in [-0.4, -0.2) is 29.0 Å². The zero-order valence-corrected chi connectivity index (χ0v) is 21.5. The molecule has 32 heavy (non-hydrogen) atoms. The summed E-state index contributed by atoms with van der Waals surface area (Å²) in [6, 6.07) is 7.98. The van der Waals surface area contributed by atoms with Crippen molar-refractivity contribution in [2.45, 2.75) is 115 Å². The molecule has 0 aliphatic heterocycles. The van der Waals surface area contributed by atoms with Crippen LogP contribution in [0.5, 0.6) is 0 Å². The van der Waals surface area contributed by atoms with Crippen molar-refractivity contribution in [3.63, 3.8) is 0 Å². The highest BCUT2D eigenvalue weighted by Gasteiger charge is 2.23. The van der Waals surface area contributed by atoms with Crippen LogP contribution in [0, 0.1) is 0 Å². The fourth-order valence-corrected chi connectivity index (χ4v) is 4.58. The number of ether oxygens (including phenoxy) is 2. The molecule has 0 radical (unpaired) electrons. The first-order chi connectivity index (χ1) is 15.5. The fraction of sp³-hybridized carbons (Fsp3) is 0.704. The standard InChI is InChI=1S/C27H44O4S/c1-5-7-8-9-10-11-12-13-14-17-20-30-26(28)22(3)32-23(4)27(29)31-21-25-19-16-15-18-24(25)6-2/h15-16,18-19,22-23H,5-14,17,20-21H2,1-4H3. The zero-order chi connectivity index (χ0) is 23.6. The lowest BCUT2D eigenvalue weighted by molar-refractivity contribution is -0.143. The Labute approximate surface area is 200 Å². The van der Waals surface area contributed by atoms with Gasteiger partial charge in [0, 0.05) is 0 Å². The Bertz CT molecular complexity index is 646. The van der Waals surface area contributed by atoms with Gasteiger partial charge in [-0.05, 0) is 37.8 Å². The van der Waals surface area contributed by atoms with Gasteiger partial charge < -0.3 is 9.47 Å². The smallest absolute Gasteiger partial charge is 0.319 e. The van der Waals surface area contributed by atoms with Crippen molar-refractivity contribution < 1.29 is 19.1 Å². The molecule has 1 aromatic rings. The molecule has 0 saturated carbocycles. The molecule has 0 aliphatic rings. The van der Waals surface area contributed by atoms with E-state index < -0.39 is 5.25 Å².